The highest BCUT2D eigenvalue weighted by molar-refractivity contribution is 7.10. The van der Waals surface area contributed by atoms with Gasteiger partial charge in [0.2, 0.25) is 5.91 Å². The van der Waals surface area contributed by atoms with Gasteiger partial charge in [-0.15, -0.1) is 11.3 Å². The van der Waals surface area contributed by atoms with E-state index < -0.39 is 5.60 Å². The molecule has 0 aliphatic carbocycles. The Morgan fingerprint density at radius 1 is 1.38 bits per heavy atom. The van der Waals surface area contributed by atoms with Crippen LogP contribution in [0.5, 0.6) is 0 Å². The number of aliphatic hydroxyl groups is 1. The van der Waals surface area contributed by atoms with E-state index in [0.29, 0.717) is 13.0 Å². The molecule has 4 nitrogen and oxygen atoms in total. The maximum absolute atomic E-state index is 11.9. The lowest BCUT2D eigenvalue weighted by Crippen LogP contribution is -2.36. The van der Waals surface area contributed by atoms with Crippen LogP contribution in [0, 0.1) is 0 Å². The molecule has 2 aromatic rings. The van der Waals surface area contributed by atoms with Gasteiger partial charge in [0, 0.05) is 36.1 Å². The Hall–Kier alpha value is -1.69. The Balaban J connectivity index is 1.67. The summed E-state index contributed by atoms with van der Waals surface area (Å²) in [6.07, 6.45) is 1.57. The molecule has 2 N–H and O–H groups in total. The van der Waals surface area contributed by atoms with Gasteiger partial charge in [-0.25, -0.2) is 0 Å². The van der Waals surface area contributed by atoms with Gasteiger partial charge in [-0.1, -0.05) is 18.2 Å². The molecule has 2 heterocycles. The van der Waals surface area contributed by atoms with Gasteiger partial charge in [0.05, 0.1) is 0 Å². The Morgan fingerprint density at radius 2 is 2.21 bits per heavy atom. The zero-order chi connectivity index (χ0) is 17.2. The molecule has 0 saturated carbocycles. The number of hydrogen-bond acceptors (Lipinski definition) is 4. The predicted octanol–water partition coefficient (Wildman–Crippen LogP) is 3.43. The van der Waals surface area contributed by atoms with E-state index in [0.717, 1.165) is 29.1 Å². The van der Waals surface area contributed by atoms with E-state index in [4.69, 9.17) is 0 Å². The van der Waals surface area contributed by atoms with Crippen molar-refractivity contribution in [2.24, 2.45) is 0 Å². The molecule has 1 saturated heterocycles. The first-order valence-electron chi connectivity index (χ1n) is 8.37. The fourth-order valence-corrected chi connectivity index (χ4v) is 3.81. The minimum absolute atomic E-state index is 0.0918. The SMILES string of the molecule is C[C@@H](NC[C@@](C)(O)c1cccs1)c1cccc(N2CCCC2=O)c1. The van der Waals surface area contributed by atoms with E-state index >= 15 is 0 Å². The Bertz CT molecular complexity index is 697. The van der Waals surface area contributed by atoms with Crippen molar-refractivity contribution in [1.29, 1.82) is 0 Å². The molecule has 24 heavy (non-hydrogen) atoms. The maximum atomic E-state index is 11.9. The lowest BCUT2D eigenvalue weighted by molar-refractivity contribution is -0.117. The molecule has 0 spiro atoms. The van der Waals surface area contributed by atoms with E-state index in [-0.39, 0.29) is 11.9 Å². The third kappa shape index (κ3) is 3.69. The van der Waals surface area contributed by atoms with Crippen LogP contribution in [0.2, 0.25) is 0 Å². The maximum Gasteiger partial charge on any atom is 0.227 e. The second-order valence-electron chi connectivity index (χ2n) is 6.60. The molecule has 1 aromatic carbocycles. The summed E-state index contributed by atoms with van der Waals surface area (Å²) in [6.45, 7) is 5.19. The highest BCUT2D eigenvalue weighted by Gasteiger charge is 2.25. The normalized spacial score (nSPS) is 18.6. The Labute approximate surface area is 147 Å². The number of amides is 1. The fourth-order valence-electron chi connectivity index (χ4n) is 3.02. The molecule has 1 amide bonds. The van der Waals surface area contributed by atoms with E-state index in [1.54, 1.807) is 11.3 Å². The van der Waals surface area contributed by atoms with Crippen molar-refractivity contribution >= 4 is 22.9 Å². The van der Waals surface area contributed by atoms with Gasteiger partial charge >= 0.3 is 0 Å². The van der Waals surface area contributed by atoms with Crippen LogP contribution < -0.4 is 10.2 Å². The van der Waals surface area contributed by atoms with Crippen molar-refractivity contribution in [3.63, 3.8) is 0 Å². The summed E-state index contributed by atoms with van der Waals surface area (Å²) < 4.78 is 0. The Morgan fingerprint density at radius 3 is 2.88 bits per heavy atom. The third-order valence-electron chi connectivity index (χ3n) is 4.56. The molecule has 3 rings (SSSR count). The zero-order valence-electron chi connectivity index (χ0n) is 14.2. The lowest BCUT2D eigenvalue weighted by atomic mass is 10.0. The predicted molar refractivity (Wildman–Crippen MR) is 98.3 cm³/mol. The fraction of sp³-hybridized carbons (Fsp3) is 0.421. The molecule has 1 aliphatic heterocycles. The zero-order valence-corrected chi connectivity index (χ0v) is 15.0. The molecule has 1 aliphatic rings. The van der Waals surface area contributed by atoms with Crippen LogP contribution in [0.3, 0.4) is 0 Å². The first-order valence-corrected chi connectivity index (χ1v) is 9.25. The standard InChI is InChI=1S/C19H24N2O2S/c1-14(20-13-19(2,23)17-8-5-11-24-17)15-6-3-7-16(12-15)21-10-4-9-18(21)22/h3,5-8,11-12,14,20,23H,4,9-10,13H2,1-2H3/t14-,19-/m1/s1. The number of carbonyl (C=O) groups is 1. The summed E-state index contributed by atoms with van der Waals surface area (Å²) in [7, 11) is 0. The number of rotatable bonds is 6. The molecular weight excluding hydrogens is 320 g/mol. The second-order valence-corrected chi connectivity index (χ2v) is 7.55. The minimum atomic E-state index is -0.884. The van der Waals surface area contributed by atoms with Crippen molar-refractivity contribution in [1.82, 2.24) is 5.32 Å². The number of nitrogens with zero attached hydrogens (tertiary/aromatic N) is 1. The van der Waals surface area contributed by atoms with Gasteiger partial charge in [-0.05, 0) is 49.4 Å². The summed E-state index contributed by atoms with van der Waals surface area (Å²) in [6, 6.07) is 12.1. The van der Waals surface area contributed by atoms with Crippen LogP contribution in [0.15, 0.2) is 41.8 Å². The summed E-state index contributed by atoms with van der Waals surface area (Å²) in [5, 5.41) is 16.0. The summed E-state index contributed by atoms with van der Waals surface area (Å²) in [4.78, 5) is 14.7. The first kappa shape index (κ1) is 17.1. The topological polar surface area (TPSA) is 52.6 Å². The number of anilines is 1. The molecule has 5 heteroatoms. The monoisotopic (exact) mass is 344 g/mol. The van der Waals surface area contributed by atoms with Crippen LogP contribution in [-0.2, 0) is 10.4 Å². The molecule has 0 bridgehead atoms. The third-order valence-corrected chi connectivity index (χ3v) is 5.68. The summed E-state index contributed by atoms with van der Waals surface area (Å²) in [5.41, 5.74) is 1.20. The Kier molecular flexibility index (Phi) is 5.04. The van der Waals surface area contributed by atoms with E-state index in [1.165, 1.54) is 0 Å². The molecular formula is C19H24N2O2S. The van der Waals surface area contributed by atoms with E-state index in [1.807, 2.05) is 41.5 Å². The average Bonchev–Trinajstić information content (AvgIpc) is 3.24. The van der Waals surface area contributed by atoms with Crippen LogP contribution in [0.1, 0.15) is 43.2 Å². The number of nitrogens with one attached hydrogen (secondary N) is 1. The summed E-state index contributed by atoms with van der Waals surface area (Å²) >= 11 is 1.56. The van der Waals surface area contributed by atoms with Gasteiger partial charge in [-0.3, -0.25) is 4.79 Å². The van der Waals surface area contributed by atoms with Crippen molar-refractivity contribution in [2.75, 3.05) is 18.0 Å². The molecule has 1 aromatic heterocycles. The van der Waals surface area contributed by atoms with Gasteiger partial charge in [0.1, 0.15) is 5.60 Å². The van der Waals surface area contributed by atoms with Crippen molar-refractivity contribution < 1.29 is 9.90 Å². The van der Waals surface area contributed by atoms with Crippen molar-refractivity contribution in [3.05, 3.63) is 52.2 Å². The number of carbonyl (C=O) groups excluding carboxylic acids is 1. The highest BCUT2D eigenvalue weighted by atomic mass is 32.1. The smallest absolute Gasteiger partial charge is 0.227 e. The van der Waals surface area contributed by atoms with Crippen LogP contribution in [0.4, 0.5) is 5.69 Å². The van der Waals surface area contributed by atoms with Crippen molar-refractivity contribution in [3.8, 4) is 0 Å². The number of thiophene rings is 1. The molecule has 0 radical (unpaired) electrons. The first-order chi connectivity index (χ1) is 11.5. The number of benzene rings is 1. The van der Waals surface area contributed by atoms with Gasteiger partial charge in [-0.2, -0.15) is 0 Å². The van der Waals surface area contributed by atoms with Crippen LogP contribution in [0.25, 0.3) is 0 Å². The average molecular weight is 344 g/mol. The molecule has 1 fully saturated rings. The van der Waals surface area contributed by atoms with Crippen molar-refractivity contribution in [2.45, 2.75) is 38.3 Å². The van der Waals surface area contributed by atoms with Gasteiger partial charge < -0.3 is 15.3 Å². The number of hydrogen-bond donors (Lipinski definition) is 2. The second kappa shape index (κ2) is 7.05. The van der Waals surface area contributed by atoms with Gasteiger partial charge in [0.25, 0.3) is 0 Å². The quantitative estimate of drug-likeness (QED) is 0.844. The largest absolute Gasteiger partial charge is 0.383 e. The minimum Gasteiger partial charge on any atom is -0.383 e. The lowest BCUT2D eigenvalue weighted by Gasteiger charge is -2.26. The van der Waals surface area contributed by atoms with Gasteiger partial charge in [0.15, 0.2) is 0 Å². The van der Waals surface area contributed by atoms with E-state index in [2.05, 4.69) is 24.4 Å². The summed E-state index contributed by atoms with van der Waals surface area (Å²) in [5.74, 6) is 0.202. The van der Waals surface area contributed by atoms with E-state index in [9.17, 15) is 9.90 Å². The molecule has 2 atom stereocenters. The van der Waals surface area contributed by atoms with Crippen LogP contribution in [-0.4, -0.2) is 24.1 Å². The highest BCUT2D eigenvalue weighted by Crippen LogP contribution is 2.27. The molecule has 0 unspecified atom stereocenters. The van der Waals surface area contributed by atoms with Crippen LogP contribution >= 0.6 is 11.3 Å². The molecule has 128 valence electrons.